The zero-order chi connectivity index (χ0) is 20.5. The Hall–Kier alpha value is -1.16. The van der Waals surface area contributed by atoms with Crippen molar-refractivity contribution in [2.24, 2.45) is 5.92 Å². The summed E-state index contributed by atoms with van der Waals surface area (Å²) >= 11 is 0. The van der Waals surface area contributed by atoms with Gasteiger partial charge in [0.05, 0.1) is 5.60 Å². The average molecular weight is 380 g/mol. The van der Waals surface area contributed by atoms with Gasteiger partial charge in [-0.05, 0) is 46.5 Å². The average Bonchev–Trinajstić information content (AvgIpc) is 2.91. The molecule has 4 nitrogen and oxygen atoms in total. The minimum atomic E-state index is -0.531. The molecule has 1 aliphatic heterocycles. The van der Waals surface area contributed by atoms with Crippen LogP contribution in [0.1, 0.15) is 99.3 Å². The van der Waals surface area contributed by atoms with Gasteiger partial charge in [-0.1, -0.05) is 58.8 Å². The largest absolute Gasteiger partial charge is 0.375 e. The van der Waals surface area contributed by atoms with Gasteiger partial charge < -0.3 is 4.74 Å². The molecule has 27 heavy (non-hydrogen) atoms. The van der Waals surface area contributed by atoms with Crippen LogP contribution in [0.2, 0.25) is 0 Å². The van der Waals surface area contributed by atoms with Crippen molar-refractivity contribution < 1.29 is 14.3 Å². The molecule has 0 saturated heterocycles. The number of amides is 2. The number of carbonyl (C=O) groups is 2. The van der Waals surface area contributed by atoms with Crippen LogP contribution in [0.15, 0.2) is 12.2 Å². The fourth-order valence-electron chi connectivity index (χ4n) is 3.96. The van der Waals surface area contributed by atoms with Gasteiger partial charge in [-0.15, -0.1) is 0 Å². The van der Waals surface area contributed by atoms with Crippen LogP contribution >= 0.6 is 0 Å². The molecule has 0 saturated carbocycles. The first-order chi connectivity index (χ1) is 12.6. The molecule has 0 fully saturated rings. The van der Waals surface area contributed by atoms with Gasteiger partial charge in [0.15, 0.2) is 0 Å². The van der Waals surface area contributed by atoms with Crippen molar-refractivity contribution in [3.8, 4) is 0 Å². The third-order valence-electron chi connectivity index (χ3n) is 5.58. The van der Waals surface area contributed by atoms with Crippen molar-refractivity contribution in [1.82, 2.24) is 4.90 Å². The van der Waals surface area contributed by atoms with Gasteiger partial charge in [0, 0.05) is 24.3 Å². The highest BCUT2D eigenvalue weighted by Crippen LogP contribution is 2.30. The van der Waals surface area contributed by atoms with E-state index in [4.69, 9.17) is 4.74 Å². The van der Waals surface area contributed by atoms with Gasteiger partial charge in [-0.2, -0.15) is 0 Å². The van der Waals surface area contributed by atoms with Crippen LogP contribution in [0, 0.1) is 5.92 Å². The highest BCUT2D eigenvalue weighted by Gasteiger charge is 2.37. The maximum atomic E-state index is 11.9. The Labute approximate surface area is 166 Å². The molecule has 156 valence electrons. The fourth-order valence-corrected chi connectivity index (χ4v) is 3.96. The Kier molecular flexibility index (Phi) is 9.72. The standard InChI is InChI=1S/C23H41NO3/c1-7-9-11-13-19(12-10-8-2)18-23(5,6)27-17-16-22(3,4)24-20(25)14-15-21(24)26/h14-15,19H,7-13,16-18H2,1-6H3. The minimum Gasteiger partial charge on any atom is -0.375 e. The van der Waals surface area contributed by atoms with Crippen molar-refractivity contribution in [1.29, 1.82) is 0 Å². The number of rotatable bonds is 14. The molecule has 4 heteroatoms. The summed E-state index contributed by atoms with van der Waals surface area (Å²) in [6, 6.07) is 0. The lowest BCUT2D eigenvalue weighted by molar-refractivity contribution is -0.144. The summed E-state index contributed by atoms with van der Waals surface area (Å²) in [5, 5.41) is 0. The van der Waals surface area contributed by atoms with Gasteiger partial charge in [0.1, 0.15) is 0 Å². The quantitative estimate of drug-likeness (QED) is 0.289. The number of imide groups is 1. The van der Waals surface area contributed by atoms with E-state index >= 15 is 0 Å². The molecule has 1 unspecified atom stereocenters. The monoisotopic (exact) mass is 379 g/mol. The predicted molar refractivity (Wildman–Crippen MR) is 111 cm³/mol. The number of nitrogens with zero attached hydrogens (tertiary/aromatic N) is 1. The first-order valence-corrected chi connectivity index (χ1v) is 10.8. The molecule has 0 spiro atoms. The summed E-state index contributed by atoms with van der Waals surface area (Å²) < 4.78 is 6.24. The molecule has 1 aliphatic rings. The van der Waals surface area contributed by atoms with E-state index < -0.39 is 5.54 Å². The Balaban J connectivity index is 2.52. The number of hydrogen-bond donors (Lipinski definition) is 0. The third kappa shape index (κ3) is 8.16. The van der Waals surface area contributed by atoms with E-state index in [-0.39, 0.29) is 17.4 Å². The van der Waals surface area contributed by atoms with E-state index in [1.54, 1.807) is 0 Å². The number of carbonyl (C=O) groups excluding carboxylic acids is 2. The Morgan fingerprint density at radius 2 is 1.48 bits per heavy atom. The van der Waals surface area contributed by atoms with Crippen LogP contribution < -0.4 is 0 Å². The van der Waals surface area contributed by atoms with Crippen LogP contribution in [0.25, 0.3) is 0 Å². The van der Waals surface area contributed by atoms with Crippen LogP contribution in [-0.4, -0.2) is 34.5 Å². The van der Waals surface area contributed by atoms with E-state index in [9.17, 15) is 9.59 Å². The normalized spacial score (nSPS) is 16.4. The van der Waals surface area contributed by atoms with Gasteiger partial charge in [0.2, 0.25) is 0 Å². The second-order valence-electron chi connectivity index (χ2n) is 9.22. The summed E-state index contributed by atoms with van der Waals surface area (Å²) in [5.41, 5.74) is -0.714. The van der Waals surface area contributed by atoms with Crippen molar-refractivity contribution in [2.45, 2.75) is 110 Å². The highest BCUT2D eigenvalue weighted by molar-refractivity contribution is 6.13. The lowest BCUT2D eigenvalue weighted by Crippen LogP contribution is -2.48. The maximum absolute atomic E-state index is 11.9. The van der Waals surface area contributed by atoms with Gasteiger partial charge in [-0.25, -0.2) is 0 Å². The maximum Gasteiger partial charge on any atom is 0.254 e. The molecule has 2 amide bonds. The third-order valence-corrected chi connectivity index (χ3v) is 5.58. The van der Waals surface area contributed by atoms with E-state index in [2.05, 4.69) is 27.7 Å². The molecule has 1 rings (SSSR count). The van der Waals surface area contributed by atoms with Crippen LogP contribution in [0.3, 0.4) is 0 Å². The van der Waals surface area contributed by atoms with Gasteiger partial charge >= 0.3 is 0 Å². The molecule has 0 aromatic heterocycles. The van der Waals surface area contributed by atoms with Crippen molar-refractivity contribution in [3.63, 3.8) is 0 Å². The molecular formula is C23H41NO3. The summed E-state index contributed by atoms with van der Waals surface area (Å²) in [7, 11) is 0. The van der Waals surface area contributed by atoms with Crippen molar-refractivity contribution >= 4 is 11.8 Å². The molecule has 1 heterocycles. The molecule has 1 atom stereocenters. The Morgan fingerprint density at radius 1 is 0.926 bits per heavy atom. The van der Waals surface area contributed by atoms with Crippen LogP contribution in [0.4, 0.5) is 0 Å². The molecule has 0 aromatic rings. The summed E-state index contributed by atoms with van der Waals surface area (Å²) in [4.78, 5) is 25.2. The molecule has 0 bridgehead atoms. The molecular weight excluding hydrogens is 338 g/mol. The summed E-state index contributed by atoms with van der Waals surface area (Å²) in [6.45, 7) is 13.3. The first kappa shape index (κ1) is 23.9. The number of hydrogen-bond acceptors (Lipinski definition) is 3. The van der Waals surface area contributed by atoms with Crippen molar-refractivity contribution in [3.05, 3.63) is 12.2 Å². The summed E-state index contributed by atoms with van der Waals surface area (Å²) in [5.74, 6) is 0.269. The predicted octanol–water partition coefficient (Wildman–Crippen LogP) is 5.65. The Morgan fingerprint density at radius 3 is 2.04 bits per heavy atom. The van der Waals surface area contributed by atoms with Crippen LogP contribution in [-0.2, 0) is 14.3 Å². The second kappa shape index (κ2) is 11.0. The fraction of sp³-hybridized carbons (Fsp3) is 0.826. The second-order valence-corrected chi connectivity index (χ2v) is 9.22. The zero-order valence-electron chi connectivity index (χ0n) is 18.5. The lowest BCUT2D eigenvalue weighted by Gasteiger charge is -2.36. The zero-order valence-corrected chi connectivity index (χ0v) is 18.5. The van der Waals surface area contributed by atoms with Gasteiger partial charge in [-0.3, -0.25) is 14.5 Å². The Bertz CT molecular complexity index is 490. The highest BCUT2D eigenvalue weighted by atomic mass is 16.5. The first-order valence-electron chi connectivity index (χ1n) is 10.8. The molecule has 0 radical (unpaired) electrons. The van der Waals surface area contributed by atoms with E-state index in [1.807, 2.05) is 13.8 Å². The lowest BCUT2D eigenvalue weighted by atomic mass is 9.85. The van der Waals surface area contributed by atoms with Gasteiger partial charge in [0.25, 0.3) is 11.8 Å². The SMILES string of the molecule is CCCCCC(CCCC)CC(C)(C)OCCC(C)(C)N1C(=O)C=CC1=O. The smallest absolute Gasteiger partial charge is 0.254 e. The molecule has 0 aliphatic carbocycles. The van der Waals surface area contributed by atoms with Crippen molar-refractivity contribution in [2.75, 3.05) is 6.61 Å². The number of unbranched alkanes of at least 4 members (excludes halogenated alkanes) is 3. The van der Waals surface area contributed by atoms with E-state index in [0.29, 0.717) is 18.9 Å². The minimum absolute atomic E-state index is 0.183. The molecule has 0 aromatic carbocycles. The van der Waals surface area contributed by atoms with E-state index in [1.165, 1.54) is 62.0 Å². The molecule has 0 N–H and O–H groups in total. The van der Waals surface area contributed by atoms with E-state index in [0.717, 1.165) is 6.42 Å². The summed E-state index contributed by atoms with van der Waals surface area (Å²) in [6.07, 6.45) is 13.4. The van der Waals surface area contributed by atoms with Crippen LogP contribution in [0.5, 0.6) is 0 Å². The number of ether oxygens (including phenoxy) is 1. The topological polar surface area (TPSA) is 46.6 Å².